The molecule has 5 nitrogen and oxygen atoms in total. The lowest BCUT2D eigenvalue weighted by atomic mass is 9.88. The van der Waals surface area contributed by atoms with Gasteiger partial charge in [-0.1, -0.05) is 30.3 Å². The van der Waals surface area contributed by atoms with Crippen molar-refractivity contribution in [2.24, 2.45) is 0 Å². The van der Waals surface area contributed by atoms with Crippen LogP contribution in [0.2, 0.25) is 0 Å². The summed E-state index contributed by atoms with van der Waals surface area (Å²) in [6, 6.07) is 22.2. The van der Waals surface area contributed by atoms with Crippen molar-refractivity contribution in [1.82, 2.24) is 4.90 Å². The largest absolute Gasteiger partial charge is 0.497 e. The van der Waals surface area contributed by atoms with Gasteiger partial charge in [-0.3, -0.25) is 0 Å². The molecule has 4 rings (SSSR count). The van der Waals surface area contributed by atoms with Gasteiger partial charge in [0.05, 0.1) is 27.4 Å². The molecule has 1 aliphatic rings. The number of thiocarbonyl (C=S) groups is 1. The molecule has 3 aromatic rings. The molecule has 1 N–H and O–H groups in total. The highest BCUT2D eigenvalue weighted by Crippen LogP contribution is 2.41. The third-order valence-corrected chi connectivity index (χ3v) is 5.93. The maximum Gasteiger partial charge on any atom is 0.174 e. The number of nitrogens with zero attached hydrogens (tertiary/aromatic N) is 1. The zero-order valence-corrected chi connectivity index (χ0v) is 18.7. The highest BCUT2D eigenvalue weighted by molar-refractivity contribution is 7.80. The van der Waals surface area contributed by atoms with Crippen molar-refractivity contribution in [2.75, 3.05) is 33.2 Å². The SMILES string of the molecule is COc1ccc(C2c3cc(OC)c(OC)cc3CCN2C(=S)Nc2ccccc2)cc1. The average Bonchev–Trinajstić information content (AvgIpc) is 2.83. The van der Waals surface area contributed by atoms with E-state index in [1.54, 1.807) is 21.3 Å². The molecule has 6 heteroatoms. The van der Waals surface area contributed by atoms with Crippen molar-refractivity contribution in [3.8, 4) is 17.2 Å². The van der Waals surface area contributed by atoms with Crippen LogP contribution in [0.3, 0.4) is 0 Å². The first-order valence-electron chi connectivity index (χ1n) is 10.2. The van der Waals surface area contributed by atoms with E-state index in [9.17, 15) is 0 Å². The molecule has 0 saturated heterocycles. The maximum atomic E-state index is 5.85. The first-order valence-corrected chi connectivity index (χ1v) is 10.6. The van der Waals surface area contributed by atoms with Crippen LogP contribution in [0.25, 0.3) is 0 Å². The number of rotatable bonds is 5. The highest BCUT2D eigenvalue weighted by Gasteiger charge is 2.32. The Balaban J connectivity index is 1.77. The smallest absolute Gasteiger partial charge is 0.174 e. The van der Waals surface area contributed by atoms with Gasteiger partial charge in [-0.25, -0.2) is 0 Å². The van der Waals surface area contributed by atoms with Gasteiger partial charge in [0, 0.05) is 12.2 Å². The molecule has 0 saturated carbocycles. The quantitative estimate of drug-likeness (QED) is 0.567. The van der Waals surface area contributed by atoms with E-state index < -0.39 is 0 Å². The topological polar surface area (TPSA) is 43.0 Å². The minimum Gasteiger partial charge on any atom is -0.497 e. The molecule has 0 spiro atoms. The van der Waals surface area contributed by atoms with E-state index >= 15 is 0 Å². The monoisotopic (exact) mass is 434 g/mol. The Bertz CT molecular complexity index is 1050. The standard InChI is InChI=1S/C25H26N2O3S/c1-28-20-11-9-17(10-12-20)24-21-16-23(30-3)22(29-2)15-18(21)13-14-27(24)25(31)26-19-7-5-4-6-8-19/h4-12,15-16,24H,13-14H2,1-3H3,(H,26,31). The summed E-state index contributed by atoms with van der Waals surface area (Å²) in [5, 5.41) is 4.08. The molecule has 160 valence electrons. The predicted octanol–water partition coefficient (Wildman–Crippen LogP) is 5.06. The van der Waals surface area contributed by atoms with Crippen molar-refractivity contribution >= 4 is 23.0 Å². The number of benzene rings is 3. The van der Waals surface area contributed by atoms with Crippen molar-refractivity contribution in [3.05, 3.63) is 83.4 Å². The van der Waals surface area contributed by atoms with Crippen molar-refractivity contribution < 1.29 is 14.2 Å². The van der Waals surface area contributed by atoms with Gasteiger partial charge >= 0.3 is 0 Å². The number of nitrogens with one attached hydrogen (secondary N) is 1. The number of anilines is 1. The van der Waals surface area contributed by atoms with Crippen LogP contribution >= 0.6 is 12.2 Å². The molecule has 0 aliphatic carbocycles. The molecule has 0 bridgehead atoms. The van der Waals surface area contributed by atoms with E-state index in [-0.39, 0.29) is 6.04 Å². The predicted molar refractivity (Wildman–Crippen MR) is 127 cm³/mol. The molecule has 1 aliphatic heterocycles. The van der Waals surface area contributed by atoms with Crippen LogP contribution in [0.4, 0.5) is 5.69 Å². The zero-order chi connectivity index (χ0) is 21.8. The Hall–Kier alpha value is -3.25. The van der Waals surface area contributed by atoms with E-state index in [1.165, 1.54) is 5.56 Å². The number of ether oxygens (including phenoxy) is 3. The fraction of sp³-hybridized carbons (Fsp3) is 0.240. The van der Waals surface area contributed by atoms with Gasteiger partial charge in [0.1, 0.15) is 5.75 Å². The van der Waals surface area contributed by atoms with Gasteiger partial charge in [0.15, 0.2) is 16.6 Å². The van der Waals surface area contributed by atoms with Crippen LogP contribution in [0.15, 0.2) is 66.7 Å². The van der Waals surface area contributed by atoms with Gasteiger partial charge < -0.3 is 24.4 Å². The number of methoxy groups -OCH3 is 3. The first kappa shape index (κ1) is 21.0. The summed E-state index contributed by atoms with van der Waals surface area (Å²) in [5.74, 6) is 2.28. The summed E-state index contributed by atoms with van der Waals surface area (Å²) < 4.78 is 16.5. The lowest BCUT2D eigenvalue weighted by molar-refractivity contribution is 0.330. The molecule has 0 amide bonds. The third-order valence-electron chi connectivity index (χ3n) is 5.59. The number of para-hydroxylation sites is 1. The first-order chi connectivity index (χ1) is 15.1. The van der Waals surface area contributed by atoms with Crippen molar-refractivity contribution in [3.63, 3.8) is 0 Å². The summed E-state index contributed by atoms with van der Waals surface area (Å²) >= 11 is 5.85. The fourth-order valence-corrected chi connectivity index (χ4v) is 4.34. The van der Waals surface area contributed by atoms with E-state index in [1.807, 2.05) is 42.5 Å². The molecule has 31 heavy (non-hydrogen) atoms. The van der Waals surface area contributed by atoms with Gasteiger partial charge in [-0.05, 0) is 71.7 Å². The van der Waals surface area contributed by atoms with E-state index in [0.717, 1.165) is 41.3 Å². The van der Waals surface area contributed by atoms with Crippen LogP contribution in [-0.2, 0) is 6.42 Å². The molecular weight excluding hydrogens is 408 g/mol. The van der Waals surface area contributed by atoms with Crippen molar-refractivity contribution in [1.29, 1.82) is 0 Å². The maximum absolute atomic E-state index is 5.85. The Morgan fingerprint density at radius 2 is 1.58 bits per heavy atom. The Morgan fingerprint density at radius 1 is 0.903 bits per heavy atom. The summed E-state index contributed by atoms with van der Waals surface area (Å²) in [6.07, 6.45) is 0.860. The Morgan fingerprint density at radius 3 is 2.23 bits per heavy atom. The van der Waals surface area contributed by atoms with E-state index in [4.69, 9.17) is 26.4 Å². The van der Waals surface area contributed by atoms with Crippen LogP contribution in [0, 0.1) is 0 Å². The summed E-state index contributed by atoms with van der Waals surface area (Å²) in [5.41, 5.74) is 4.49. The van der Waals surface area contributed by atoms with Crippen molar-refractivity contribution in [2.45, 2.75) is 12.5 Å². The second-order valence-electron chi connectivity index (χ2n) is 7.32. The van der Waals surface area contributed by atoms with Gasteiger partial charge in [0.25, 0.3) is 0 Å². The highest BCUT2D eigenvalue weighted by atomic mass is 32.1. The fourth-order valence-electron chi connectivity index (χ4n) is 4.03. The molecule has 0 fully saturated rings. The van der Waals surface area contributed by atoms with Crippen LogP contribution in [0.5, 0.6) is 17.2 Å². The molecule has 3 aromatic carbocycles. The number of hydrogen-bond acceptors (Lipinski definition) is 4. The minimum atomic E-state index is -0.0572. The van der Waals surface area contributed by atoms with Gasteiger partial charge in [-0.2, -0.15) is 0 Å². The lowest BCUT2D eigenvalue weighted by Crippen LogP contribution is -2.42. The molecule has 0 aromatic heterocycles. The van der Waals surface area contributed by atoms with Crippen LogP contribution < -0.4 is 19.5 Å². The Kier molecular flexibility index (Phi) is 6.28. The zero-order valence-electron chi connectivity index (χ0n) is 17.9. The normalized spacial score (nSPS) is 15.1. The van der Waals surface area contributed by atoms with Gasteiger partial charge in [0.2, 0.25) is 0 Å². The molecular formula is C25H26N2O3S. The number of hydrogen-bond donors (Lipinski definition) is 1. The molecule has 0 radical (unpaired) electrons. The summed E-state index contributed by atoms with van der Waals surface area (Å²) in [7, 11) is 5.00. The third kappa shape index (κ3) is 4.30. The van der Waals surface area contributed by atoms with Crippen LogP contribution in [0.1, 0.15) is 22.7 Å². The second-order valence-corrected chi connectivity index (χ2v) is 7.71. The Labute approximate surface area is 188 Å². The van der Waals surface area contributed by atoms with E-state index in [0.29, 0.717) is 10.9 Å². The summed E-state index contributed by atoms with van der Waals surface area (Å²) in [4.78, 5) is 2.23. The molecule has 1 unspecified atom stereocenters. The molecule has 1 atom stereocenters. The lowest BCUT2D eigenvalue weighted by Gasteiger charge is -2.39. The minimum absolute atomic E-state index is 0.0572. The van der Waals surface area contributed by atoms with Gasteiger partial charge in [-0.15, -0.1) is 0 Å². The average molecular weight is 435 g/mol. The second kappa shape index (κ2) is 9.27. The van der Waals surface area contributed by atoms with Crippen LogP contribution in [-0.4, -0.2) is 37.9 Å². The van der Waals surface area contributed by atoms with E-state index in [2.05, 4.69) is 34.5 Å². The molecule has 1 heterocycles. The number of fused-ring (bicyclic) bond motifs is 1. The summed E-state index contributed by atoms with van der Waals surface area (Å²) in [6.45, 7) is 0.790.